The number of phenolic OH excluding ortho intramolecular Hbond substituents is 1. The molecule has 0 radical (unpaired) electrons. The van der Waals surface area contributed by atoms with Gasteiger partial charge in [0.2, 0.25) is 0 Å². The van der Waals surface area contributed by atoms with Crippen molar-refractivity contribution in [3.05, 3.63) is 41.4 Å². The van der Waals surface area contributed by atoms with Gasteiger partial charge in [0.1, 0.15) is 5.76 Å². The smallest absolute Gasteiger partial charge is 0.257 e. The maximum absolute atomic E-state index is 14.2. The molecule has 1 aliphatic carbocycles. The van der Waals surface area contributed by atoms with Gasteiger partial charge in [-0.25, -0.2) is 4.39 Å². The number of fused-ring (bicyclic) bond motifs is 1. The number of amides is 1. The van der Waals surface area contributed by atoms with E-state index in [4.69, 9.17) is 4.74 Å². The lowest BCUT2D eigenvalue weighted by molar-refractivity contribution is 0.0719. The van der Waals surface area contributed by atoms with Crippen LogP contribution in [-0.2, 0) is 11.3 Å². The monoisotopic (exact) mass is 418 g/mol. The second kappa shape index (κ2) is 9.38. The maximum atomic E-state index is 14.2. The molecule has 1 heterocycles. The quantitative estimate of drug-likeness (QED) is 0.612. The van der Waals surface area contributed by atoms with Crippen LogP contribution in [0.15, 0.2) is 24.5 Å². The number of hydrogen-bond donors (Lipinski definition) is 2. The summed E-state index contributed by atoms with van der Waals surface area (Å²) in [6.07, 6.45) is 4.32. The molecule has 1 aromatic carbocycles. The van der Waals surface area contributed by atoms with Crippen LogP contribution in [0.25, 0.3) is 0 Å². The Bertz CT molecular complexity index is 787. The highest BCUT2D eigenvalue weighted by molar-refractivity contribution is 5.99. The fraction of sp³-hybridized carbons (Fsp3) is 0.625. The van der Waals surface area contributed by atoms with Crippen LogP contribution < -0.4 is 5.32 Å². The lowest BCUT2D eigenvalue weighted by Crippen LogP contribution is -2.46. The van der Waals surface area contributed by atoms with Crippen LogP contribution in [0.3, 0.4) is 0 Å². The van der Waals surface area contributed by atoms with E-state index in [1.807, 2.05) is 0 Å². The van der Waals surface area contributed by atoms with Crippen LogP contribution in [0, 0.1) is 23.6 Å². The summed E-state index contributed by atoms with van der Waals surface area (Å²) in [4.78, 5) is 14.4. The number of aromatic hydroxyl groups is 1. The molecule has 2 aliphatic rings. The largest absolute Gasteiger partial charge is 0.505 e. The van der Waals surface area contributed by atoms with Gasteiger partial charge in [-0.2, -0.15) is 0 Å². The average Bonchev–Trinajstić information content (AvgIpc) is 3.04. The van der Waals surface area contributed by atoms with Crippen molar-refractivity contribution in [1.82, 2.24) is 10.2 Å². The van der Waals surface area contributed by atoms with Gasteiger partial charge in [0, 0.05) is 19.1 Å². The summed E-state index contributed by atoms with van der Waals surface area (Å²) in [7, 11) is 1.67. The Morgan fingerprint density at radius 1 is 1.30 bits per heavy atom. The van der Waals surface area contributed by atoms with Crippen molar-refractivity contribution < 1.29 is 19.0 Å². The first-order chi connectivity index (χ1) is 14.2. The van der Waals surface area contributed by atoms with Crippen LogP contribution in [0.2, 0.25) is 0 Å². The number of rotatable bonds is 8. The third-order valence-electron chi connectivity index (χ3n) is 6.87. The standard InChI is InChI=1S/C24H35FN2O3/c1-14(2)23(16(4)30-5)26-15(3)18-8-6-17(7-9-18)12-27-13-19-10-11-20(28)22(25)21(19)24(27)29/h10-11,14-15,17-18,23,26,28H,4,6-9,12-13H2,1-3,5H3/t15?,17?,18?,23-/m1/s1. The van der Waals surface area contributed by atoms with Gasteiger partial charge in [-0.1, -0.05) is 26.5 Å². The number of hydrogen-bond acceptors (Lipinski definition) is 4. The minimum atomic E-state index is -0.791. The number of benzene rings is 1. The molecule has 0 saturated heterocycles. The van der Waals surface area contributed by atoms with E-state index in [2.05, 4.69) is 32.7 Å². The van der Waals surface area contributed by atoms with E-state index in [0.29, 0.717) is 42.4 Å². The summed E-state index contributed by atoms with van der Waals surface area (Å²) in [5, 5.41) is 13.3. The number of phenols is 1. The minimum Gasteiger partial charge on any atom is -0.505 e. The van der Waals surface area contributed by atoms with Crippen LogP contribution in [-0.4, -0.2) is 41.7 Å². The topological polar surface area (TPSA) is 61.8 Å². The number of nitrogens with zero attached hydrogens (tertiary/aromatic N) is 1. The Morgan fingerprint density at radius 2 is 1.97 bits per heavy atom. The number of ether oxygens (including phenoxy) is 1. The molecule has 0 spiro atoms. The van der Waals surface area contributed by atoms with Gasteiger partial charge in [-0.15, -0.1) is 0 Å². The maximum Gasteiger partial charge on any atom is 0.257 e. The molecule has 1 aliphatic heterocycles. The zero-order valence-corrected chi connectivity index (χ0v) is 18.6. The van der Waals surface area contributed by atoms with Crippen molar-refractivity contribution in [2.24, 2.45) is 17.8 Å². The highest BCUT2D eigenvalue weighted by atomic mass is 19.1. The van der Waals surface area contributed by atoms with Crippen LogP contribution >= 0.6 is 0 Å². The van der Waals surface area contributed by atoms with E-state index in [-0.39, 0.29) is 17.5 Å². The molecule has 6 heteroatoms. The molecular formula is C24H35FN2O3. The molecule has 2 N–H and O–H groups in total. The van der Waals surface area contributed by atoms with E-state index in [1.54, 1.807) is 18.1 Å². The van der Waals surface area contributed by atoms with Crippen molar-refractivity contribution in [1.29, 1.82) is 0 Å². The first-order valence-electron chi connectivity index (χ1n) is 11.0. The second-order valence-electron chi connectivity index (χ2n) is 9.25. The van der Waals surface area contributed by atoms with Crippen LogP contribution in [0.5, 0.6) is 5.75 Å². The zero-order valence-electron chi connectivity index (χ0n) is 18.6. The molecule has 1 amide bonds. The summed E-state index contributed by atoms with van der Waals surface area (Å²) in [6, 6.07) is 3.47. The third-order valence-corrected chi connectivity index (χ3v) is 6.87. The molecule has 5 nitrogen and oxygen atoms in total. The SMILES string of the molecule is C=C(OC)[C@H](NC(C)C1CCC(CN2Cc3ccc(O)c(F)c3C2=O)CC1)C(C)C. The Hall–Kier alpha value is -2.08. The van der Waals surface area contributed by atoms with Crippen molar-refractivity contribution in [3.63, 3.8) is 0 Å². The van der Waals surface area contributed by atoms with E-state index in [0.717, 1.165) is 31.4 Å². The fourth-order valence-electron chi connectivity index (χ4n) is 4.94. The van der Waals surface area contributed by atoms with Crippen molar-refractivity contribution in [2.75, 3.05) is 13.7 Å². The van der Waals surface area contributed by atoms with Gasteiger partial charge in [0.15, 0.2) is 11.6 Å². The number of methoxy groups -OCH3 is 1. The number of nitrogens with one attached hydrogen (secondary N) is 1. The lowest BCUT2D eigenvalue weighted by Gasteiger charge is -2.36. The van der Waals surface area contributed by atoms with E-state index >= 15 is 0 Å². The molecule has 166 valence electrons. The lowest BCUT2D eigenvalue weighted by atomic mass is 9.78. The Kier molecular flexibility index (Phi) is 7.06. The predicted molar refractivity (Wildman–Crippen MR) is 116 cm³/mol. The Morgan fingerprint density at radius 3 is 2.57 bits per heavy atom. The summed E-state index contributed by atoms with van der Waals surface area (Å²) < 4.78 is 19.5. The molecule has 0 aromatic heterocycles. The highest BCUT2D eigenvalue weighted by Crippen LogP contribution is 2.35. The minimum absolute atomic E-state index is 0.0413. The van der Waals surface area contributed by atoms with Gasteiger partial charge >= 0.3 is 0 Å². The summed E-state index contributed by atoms with van der Waals surface area (Å²) in [5.74, 6) is 0.636. The summed E-state index contributed by atoms with van der Waals surface area (Å²) >= 11 is 0. The summed E-state index contributed by atoms with van der Waals surface area (Å²) in [5.41, 5.74) is 0.708. The van der Waals surface area contributed by atoms with E-state index in [9.17, 15) is 14.3 Å². The number of carbonyl (C=O) groups excluding carboxylic acids is 1. The Labute approximate surface area is 179 Å². The highest BCUT2D eigenvalue weighted by Gasteiger charge is 2.35. The fourth-order valence-corrected chi connectivity index (χ4v) is 4.94. The third kappa shape index (κ3) is 4.64. The van der Waals surface area contributed by atoms with E-state index < -0.39 is 11.6 Å². The van der Waals surface area contributed by atoms with Crippen LogP contribution in [0.1, 0.15) is 62.4 Å². The molecule has 1 unspecified atom stereocenters. The van der Waals surface area contributed by atoms with Gasteiger partial charge in [0.05, 0.1) is 18.7 Å². The zero-order chi connectivity index (χ0) is 22.0. The van der Waals surface area contributed by atoms with E-state index in [1.165, 1.54) is 6.07 Å². The normalized spacial score (nSPS) is 23.4. The number of carbonyl (C=O) groups is 1. The molecule has 1 fully saturated rings. The van der Waals surface area contributed by atoms with Crippen molar-refractivity contribution in [2.45, 2.75) is 65.1 Å². The molecule has 1 saturated carbocycles. The van der Waals surface area contributed by atoms with Gasteiger partial charge in [-0.05, 0) is 62.0 Å². The first kappa shape index (κ1) is 22.6. The van der Waals surface area contributed by atoms with Crippen LogP contribution in [0.4, 0.5) is 4.39 Å². The van der Waals surface area contributed by atoms with Crippen molar-refractivity contribution in [3.8, 4) is 5.75 Å². The molecule has 2 atom stereocenters. The molecular weight excluding hydrogens is 383 g/mol. The molecule has 30 heavy (non-hydrogen) atoms. The Balaban J connectivity index is 1.52. The molecule has 0 bridgehead atoms. The average molecular weight is 419 g/mol. The van der Waals surface area contributed by atoms with Gasteiger partial charge in [0.25, 0.3) is 5.91 Å². The van der Waals surface area contributed by atoms with Gasteiger partial charge in [-0.3, -0.25) is 4.79 Å². The second-order valence-corrected chi connectivity index (χ2v) is 9.25. The first-order valence-corrected chi connectivity index (χ1v) is 11.0. The van der Waals surface area contributed by atoms with Gasteiger partial charge < -0.3 is 20.1 Å². The summed E-state index contributed by atoms with van der Waals surface area (Å²) in [6.45, 7) is 11.7. The molecule has 3 rings (SSSR count). The number of halogens is 1. The predicted octanol–water partition coefficient (Wildman–Crippen LogP) is 4.46. The van der Waals surface area contributed by atoms with Crippen molar-refractivity contribution >= 4 is 5.91 Å². The molecule has 1 aromatic rings.